The molecular formula is C20H30Cl2N2O. The fourth-order valence-corrected chi connectivity index (χ4v) is 3.70. The summed E-state index contributed by atoms with van der Waals surface area (Å²) in [6.07, 6.45) is 2.65. The molecule has 0 amide bonds. The summed E-state index contributed by atoms with van der Waals surface area (Å²) < 4.78 is 5.86. The molecule has 5 heteroatoms. The first-order chi connectivity index (χ1) is 11.3. The molecular weight excluding hydrogens is 355 g/mol. The molecule has 1 saturated heterocycles. The van der Waals surface area contributed by atoms with Crippen molar-refractivity contribution in [3.63, 3.8) is 0 Å². The summed E-state index contributed by atoms with van der Waals surface area (Å²) in [5, 5.41) is 6.25. The lowest BCUT2D eigenvalue weighted by molar-refractivity contribution is 0.259. The summed E-state index contributed by atoms with van der Waals surface area (Å²) in [5.74, 6) is 1.01. The van der Waals surface area contributed by atoms with Gasteiger partial charge >= 0.3 is 0 Å². The molecule has 1 unspecified atom stereocenters. The number of nitrogens with zero attached hydrogens (tertiary/aromatic N) is 1. The van der Waals surface area contributed by atoms with E-state index in [1.54, 1.807) is 0 Å². The van der Waals surface area contributed by atoms with Gasteiger partial charge < -0.3 is 10.1 Å². The Bertz CT molecular complexity index is 651. The van der Waals surface area contributed by atoms with Crippen molar-refractivity contribution in [3.8, 4) is 5.75 Å². The number of halogens is 2. The number of nitrogens with one attached hydrogen (secondary N) is 1. The van der Waals surface area contributed by atoms with E-state index in [0.29, 0.717) is 12.6 Å². The summed E-state index contributed by atoms with van der Waals surface area (Å²) in [5.41, 5.74) is 1.28. The third-order valence-electron chi connectivity index (χ3n) is 4.88. The Morgan fingerprint density at radius 1 is 1.12 bits per heavy atom. The van der Waals surface area contributed by atoms with E-state index >= 15 is 0 Å². The van der Waals surface area contributed by atoms with Gasteiger partial charge in [-0.3, -0.25) is 4.90 Å². The van der Waals surface area contributed by atoms with Crippen molar-refractivity contribution < 1.29 is 4.74 Å². The second-order valence-corrected chi connectivity index (χ2v) is 6.25. The molecule has 25 heavy (non-hydrogen) atoms. The van der Waals surface area contributed by atoms with E-state index in [-0.39, 0.29) is 24.8 Å². The Hall–Kier alpha value is -1.00. The van der Waals surface area contributed by atoms with E-state index in [0.717, 1.165) is 25.4 Å². The number of rotatable bonds is 7. The Balaban J connectivity index is 0.00000156. The van der Waals surface area contributed by atoms with E-state index in [2.05, 4.69) is 53.5 Å². The molecule has 140 valence electrons. The van der Waals surface area contributed by atoms with Crippen LogP contribution < -0.4 is 10.1 Å². The Kier molecular flexibility index (Phi) is 9.58. The molecule has 3 rings (SSSR count). The molecule has 2 aromatic rings. The van der Waals surface area contributed by atoms with Gasteiger partial charge in [-0.15, -0.1) is 24.8 Å². The molecule has 0 saturated carbocycles. The molecule has 0 radical (unpaired) electrons. The van der Waals surface area contributed by atoms with Gasteiger partial charge in [0.25, 0.3) is 0 Å². The highest BCUT2D eigenvalue weighted by molar-refractivity contribution is 5.87. The van der Waals surface area contributed by atoms with Crippen LogP contribution in [-0.2, 0) is 6.54 Å². The molecule has 1 aliphatic rings. The molecule has 1 aliphatic heterocycles. The average molecular weight is 385 g/mol. The third-order valence-corrected chi connectivity index (χ3v) is 4.88. The Morgan fingerprint density at radius 3 is 2.68 bits per heavy atom. The quantitative estimate of drug-likeness (QED) is 0.751. The molecule has 0 bridgehead atoms. The molecule has 3 nitrogen and oxygen atoms in total. The normalized spacial score (nSPS) is 17.1. The van der Waals surface area contributed by atoms with Gasteiger partial charge in [0.05, 0.1) is 6.61 Å². The van der Waals surface area contributed by atoms with Crippen molar-refractivity contribution in [2.24, 2.45) is 0 Å². The summed E-state index contributed by atoms with van der Waals surface area (Å²) in [7, 11) is 0. The highest BCUT2D eigenvalue weighted by atomic mass is 35.5. The maximum atomic E-state index is 5.86. The second-order valence-electron chi connectivity index (χ2n) is 6.25. The molecule has 1 N–H and O–H groups in total. The smallest absolute Gasteiger partial charge is 0.124 e. The second kappa shape index (κ2) is 10.9. The minimum Gasteiger partial charge on any atom is -0.494 e. The van der Waals surface area contributed by atoms with Gasteiger partial charge in [-0.2, -0.15) is 0 Å². The predicted molar refractivity (Wildman–Crippen MR) is 112 cm³/mol. The molecule has 1 heterocycles. The number of hydrogen-bond donors (Lipinski definition) is 1. The number of likely N-dealkylation sites (tertiary alicyclic amines) is 1. The van der Waals surface area contributed by atoms with Crippen molar-refractivity contribution in [2.45, 2.75) is 39.3 Å². The van der Waals surface area contributed by atoms with Crippen LogP contribution in [0.5, 0.6) is 5.75 Å². The van der Waals surface area contributed by atoms with Gasteiger partial charge in [0.2, 0.25) is 0 Å². The molecule has 1 atom stereocenters. The molecule has 2 aromatic carbocycles. The number of fused-ring (bicyclic) bond motifs is 1. The number of likely N-dealkylation sites (N-methyl/N-ethyl adjacent to an activating group) is 1. The average Bonchev–Trinajstić information content (AvgIpc) is 3.04. The van der Waals surface area contributed by atoms with Gasteiger partial charge in [0.1, 0.15) is 5.75 Å². The Morgan fingerprint density at radius 2 is 1.92 bits per heavy atom. The third kappa shape index (κ3) is 5.24. The van der Waals surface area contributed by atoms with Crippen molar-refractivity contribution in [3.05, 3.63) is 42.0 Å². The van der Waals surface area contributed by atoms with Crippen molar-refractivity contribution in [1.82, 2.24) is 10.2 Å². The first-order valence-corrected chi connectivity index (χ1v) is 8.91. The largest absolute Gasteiger partial charge is 0.494 e. The molecule has 0 aliphatic carbocycles. The van der Waals surface area contributed by atoms with Crippen LogP contribution in [0, 0.1) is 0 Å². The first kappa shape index (κ1) is 22.0. The highest BCUT2D eigenvalue weighted by Gasteiger charge is 2.22. The van der Waals surface area contributed by atoms with Gasteiger partial charge in [0, 0.05) is 24.7 Å². The van der Waals surface area contributed by atoms with Crippen LogP contribution in [-0.4, -0.2) is 37.2 Å². The predicted octanol–water partition coefficient (Wildman–Crippen LogP) is 4.66. The standard InChI is InChI=1S/C20H28N2O.2ClH/c1-3-22-13-7-9-17(22)14-21-15-19-18-10-6-5-8-16(18)11-12-20(19)23-4-2;;/h5-6,8,10-12,17,21H,3-4,7,9,13-15H2,1-2H3;2*1H. The van der Waals surface area contributed by atoms with Gasteiger partial charge in [-0.25, -0.2) is 0 Å². The van der Waals surface area contributed by atoms with Gasteiger partial charge in [-0.05, 0) is 49.7 Å². The number of hydrogen-bond acceptors (Lipinski definition) is 3. The lowest BCUT2D eigenvalue weighted by Crippen LogP contribution is -2.37. The molecule has 0 spiro atoms. The zero-order valence-corrected chi connectivity index (χ0v) is 16.8. The summed E-state index contributed by atoms with van der Waals surface area (Å²) in [4.78, 5) is 2.58. The van der Waals surface area contributed by atoms with E-state index in [9.17, 15) is 0 Å². The zero-order valence-electron chi connectivity index (χ0n) is 15.2. The Labute approximate surface area is 163 Å². The highest BCUT2D eigenvalue weighted by Crippen LogP contribution is 2.28. The lowest BCUT2D eigenvalue weighted by Gasteiger charge is -2.23. The summed E-state index contributed by atoms with van der Waals surface area (Å²) >= 11 is 0. The minimum atomic E-state index is 0. The van der Waals surface area contributed by atoms with Gasteiger partial charge in [0.15, 0.2) is 0 Å². The van der Waals surface area contributed by atoms with Crippen LogP contribution in [0.2, 0.25) is 0 Å². The van der Waals surface area contributed by atoms with Crippen molar-refractivity contribution in [2.75, 3.05) is 26.2 Å². The topological polar surface area (TPSA) is 24.5 Å². The lowest BCUT2D eigenvalue weighted by atomic mass is 10.0. The van der Waals surface area contributed by atoms with Crippen LogP contribution in [0.25, 0.3) is 10.8 Å². The first-order valence-electron chi connectivity index (χ1n) is 8.91. The summed E-state index contributed by atoms with van der Waals surface area (Å²) in [6.45, 7) is 9.34. The van der Waals surface area contributed by atoms with Crippen molar-refractivity contribution >= 4 is 35.6 Å². The van der Waals surface area contributed by atoms with Crippen LogP contribution in [0.15, 0.2) is 36.4 Å². The number of ether oxygens (including phenoxy) is 1. The molecule has 1 fully saturated rings. The number of benzene rings is 2. The minimum absolute atomic E-state index is 0. The fraction of sp³-hybridized carbons (Fsp3) is 0.500. The summed E-state index contributed by atoms with van der Waals surface area (Å²) in [6, 6.07) is 13.5. The van der Waals surface area contributed by atoms with E-state index in [1.165, 1.54) is 35.7 Å². The molecule has 0 aromatic heterocycles. The maximum Gasteiger partial charge on any atom is 0.124 e. The van der Waals surface area contributed by atoms with E-state index < -0.39 is 0 Å². The maximum absolute atomic E-state index is 5.86. The fourth-order valence-electron chi connectivity index (χ4n) is 3.70. The van der Waals surface area contributed by atoms with Crippen LogP contribution >= 0.6 is 24.8 Å². The SMILES string of the molecule is CCOc1ccc2ccccc2c1CNCC1CCCN1CC.Cl.Cl. The monoisotopic (exact) mass is 384 g/mol. The van der Waals surface area contributed by atoms with Gasteiger partial charge in [-0.1, -0.05) is 37.3 Å². The van der Waals surface area contributed by atoms with E-state index in [1.807, 2.05) is 6.92 Å². The van der Waals surface area contributed by atoms with Crippen LogP contribution in [0.3, 0.4) is 0 Å². The van der Waals surface area contributed by atoms with E-state index in [4.69, 9.17) is 4.74 Å². The van der Waals surface area contributed by atoms with Crippen LogP contribution in [0.1, 0.15) is 32.3 Å². The zero-order chi connectivity index (χ0) is 16.1. The van der Waals surface area contributed by atoms with Crippen molar-refractivity contribution in [1.29, 1.82) is 0 Å². The van der Waals surface area contributed by atoms with Crippen LogP contribution in [0.4, 0.5) is 0 Å².